The highest BCUT2D eigenvalue weighted by molar-refractivity contribution is 5.74. The zero-order valence-corrected chi connectivity index (χ0v) is 10.1. The minimum absolute atomic E-state index is 0.365. The van der Waals surface area contributed by atoms with Crippen molar-refractivity contribution in [2.75, 3.05) is 7.11 Å². The number of hydrogen-bond donors (Lipinski definition) is 0. The molecule has 0 atom stereocenters. The average Bonchev–Trinajstić information content (AvgIpc) is 2.37. The third kappa shape index (κ3) is 1.57. The molecule has 1 aromatic carbocycles. The third-order valence-corrected chi connectivity index (χ3v) is 3.00. The summed E-state index contributed by atoms with van der Waals surface area (Å²) in [6.45, 7) is 2.16. The van der Waals surface area contributed by atoms with Gasteiger partial charge in [0.1, 0.15) is 29.4 Å². The molecule has 0 spiro atoms. The predicted octanol–water partition coefficient (Wildman–Crippen LogP) is 2.52. The normalized spacial score (nSPS) is 12.3. The Morgan fingerprint density at radius 2 is 2.11 bits per heavy atom. The van der Waals surface area contributed by atoms with E-state index < -0.39 is 0 Å². The van der Waals surface area contributed by atoms with E-state index in [0.29, 0.717) is 23.7 Å². The largest absolute Gasteiger partial charge is 0.497 e. The summed E-state index contributed by atoms with van der Waals surface area (Å²) < 4.78 is 15.9. The van der Waals surface area contributed by atoms with E-state index in [4.69, 9.17) is 13.9 Å². The smallest absolute Gasteiger partial charge is 0.347 e. The van der Waals surface area contributed by atoms with Gasteiger partial charge in [0.15, 0.2) is 0 Å². The molecule has 0 bridgehead atoms. The number of ether oxygens (including phenoxy) is 2. The SMILES string of the molecule is COc1ccc2c(c1)COc1cc(C)oc(=O)c1-2. The minimum Gasteiger partial charge on any atom is -0.497 e. The molecule has 0 unspecified atom stereocenters. The van der Waals surface area contributed by atoms with Crippen LogP contribution in [-0.2, 0) is 6.61 Å². The van der Waals surface area contributed by atoms with E-state index in [9.17, 15) is 4.79 Å². The predicted molar refractivity (Wildman–Crippen MR) is 66.0 cm³/mol. The van der Waals surface area contributed by atoms with Crippen molar-refractivity contribution < 1.29 is 13.9 Å². The van der Waals surface area contributed by atoms with Gasteiger partial charge in [-0.1, -0.05) is 0 Å². The Hall–Kier alpha value is -2.23. The Kier molecular flexibility index (Phi) is 2.37. The van der Waals surface area contributed by atoms with Crippen LogP contribution in [-0.4, -0.2) is 7.11 Å². The molecular weight excluding hydrogens is 232 g/mol. The standard InChI is InChI=1S/C14H12O4/c1-8-5-12-13(14(15)18-8)11-4-3-10(16-2)6-9(11)7-17-12/h3-6H,7H2,1-2H3. The Bertz CT molecular complexity index is 670. The van der Waals surface area contributed by atoms with Crippen LogP contribution in [0.4, 0.5) is 0 Å². The summed E-state index contributed by atoms with van der Waals surface area (Å²) in [7, 11) is 1.61. The highest BCUT2D eigenvalue weighted by atomic mass is 16.5. The van der Waals surface area contributed by atoms with Crippen LogP contribution in [0.3, 0.4) is 0 Å². The molecule has 2 aromatic rings. The average molecular weight is 244 g/mol. The van der Waals surface area contributed by atoms with Crippen LogP contribution in [0.5, 0.6) is 11.5 Å². The van der Waals surface area contributed by atoms with E-state index >= 15 is 0 Å². The minimum atomic E-state index is -0.365. The van der Waals surface area contributed by atoms with Crippen LogP contribution in [0.15, 0.2) is 33.5 Å². The lowest BCUT2D eigenvalue weighted by atomic mass is 9.98. The molecule has 3 rings (SSSR count). The zero-order valence-electron chi connectivity index (χ0n) is 10.1. The fourth-order valence-corrected chi connectivity index (χ4v) is 2.16. The fraction of sp³-hybridized carbons (Fsp3) is 0.214. The van der Waals surface area contributed by atoms with E-state index in [-0.39, 0.29) is 5.63 Å². The monoisotopic (exact) mass is 244 g/mol. The molecule has 1 aliphatic heterocycles. The topological polar surface area (TPSA) is 48.7 Å². The van der Waals surface area contributed by atoms with Crippen molar-refractivity contribution in [1.29, 1.82) is 0 Å². The second-order valence-corrected chi connectivity index (χ2v) is 4.20. The molecule has 18 heavy (non-hydrogen) atoms. The molecule has 0 aliphatic carbocycles. The van der Waals surface area contributed by atoms with Crippen LogP contribution < -0.4 is 15.1 Å². The Morgan fingerprint density at radius 3 is 2.89 bits per heavy atom. The van der Waals surface area contributed by atoms with E-state index in [0.717, 1.165) is 16.9 Å². The first-order valence-electron chi connectivity index (χ1n) is 5.64. The Balaban J connectivity index is 2.26. The van der Waals surface area contributed by atoms with Gasteiger partial charge in [0.2, 0.25) is 0 Å². The van der Waals surface area contributed by atoms with E-state index in [1.54, 1.807) is 20.1 Å². The van der Waals surface area contributed by atoms with Gasteiger partial charge in [-0.3, -0.25) is 0 Å². The van der Waals surface area contributed by atoms with Gasteiger partial charge in [0, 0.05) is 11.6 Å². The van der Waals surface area contributed by atoms with Gasteiger partial charge < -0.3 is 13.9 Å². The maximum atomic E-state index is 11.9. The van der Waals surface area contributed by atoms with Crippen molar-refractivity contribution in [3.8, 4) is 22.6 Å². The molecule has 4 heteroatoms. The number of hydrogen-bond acceptors (Lipinski definition) is 4. The van der Waals surface area contributed by atoms with Gasteiger partial charge >= 0.3 is 5.63 Å². The highest BCUT2D eigenvalue weighted by Gasteiger charge is 2.22. The first-order valence-corrected chi connectivity index (χ1v) is 5.64. The van der Waals surface area contributed by atoms with Gasteiger partial charge in [-0.2, -0.15) is 0 Å². The maximum absolute atomic E-state index is 11.9. The summed E-state index contributed by atoms with van der Waals surface area (Å²) in [5.74, 6) is 1.88. The number of benzene rings is 1. The molecule has 0 saturated carbocycles. The lowest BCUT2D eigenvalue weighted by Crippen LogP contribution is -2.14. The second-order valence-electron chi connectivity index (χ2n) is 4.20. The molecule has 92 valence electrons. The van der Waals surface area contributed by atoms with Gasteiger partial charge in [-0.05, 0) is 30.7 Å². The lowest BCUT2D eigenvalue weighted by molar-refractivity contribution is 0.295. The molecule has 1 aromatic heterocycles. The molecule has 0 fully saturated rings. The van der Waals surface area contributed by atoms with Crippen molar-refractivity contribution in [2.45, 2.75) is 13.5 Å². The molecule has 0 amide bonds. The summed E-state index contributed by atoms with van der Waals surface area (Å²) in [5.41, 5.74) is 1.91. The summed E-state index contributed by atoms with van der Waals surface area (Å²) in [4.78, 5) is 11.9. The van der Waals surface area contributed by atoms with Crippen molar-refractivity contribution in [3.05, 3.63) is 46.0 Å². The Morgan fingerprint density at radius 1 is 1.28 bits per heavy atom. The van der Waals surface area contributed by atoms with Gasteiger partial charge in [-0.25, -0.2) is 4.79 Å². The molecule has 0 radical (unpaired) electrons. The third-order valence-electron chi connectivity index (χ3n) is 3.00. The molecule has 0 saturated heterocycles. The number of fused-ring (bicyclic) bond motifs is 3. The molecule has 2 heterocycles. The summed E-state index contributed by atoms with van der Waals surface area (Å²) >= 11 is 0. The van der Waals surface area contributed by atoms with Crippen LogP contribution in [0.1, 0.15) is 11.3 Å². The summed E-state index contributed by atoms with van der Waals surface area (Å²) in [5, 5.41) is 0. The Labute approximate surface area is 104 Å². The quantitative estimate of drug-likeness (QED) is 0.773. The molecule has 4 nitrogen and oxygen atoms in total. The first-order chi connectivity index (χ1) is 8.69. The molecule has 1 aliphatic rings. The maximum Gasteiger partial charge on any atom is 0.347 e. The van der Waals surface area contributed by atoms with Crippen LogP contribution in [0.25, 0.3) is 11.1 Å². The summed E-state index contributed by atoms with van der Waals surface area (Å²) in [6, 6.07) is 7.30. The second kappa shape index (κ2) is 3.91. The van der Waals surface area contributed by atoms with E-state index in [1.165, 1.54) is 0 Å². The highest BCUT2D eigenvalue weighted by Crippen LogP contribution is 2.36. The first kappa shape index (κ1) is 10.9. The van der Waals surface area contributed by atoms with Crippen molar-refractivity contribution >= 4 is 0 Å². The molecule has 0 N–H and O–H groups in total. The fourth-order valence-electron chi connectivity index (χ4n) is 2.16. The van der Waals surface area contributed by atoms with Crippen molar-refractivity contribution in [2.24, 2.45) is 0 Å². The van der Waals surface area contributed by atoms with Crippen LogP contribution >= 0.6 is 0 Å². The van der Waals surface area contributed by atoms with Gasteiger partial charge in [0.25, 0.3) is 0 Å². The van der Waals surface area contributed by atoms with Crippen molar-refractivity contribution in [3.63, 3.8) is 0 Å². The van der Waals surface area contributed by atoms with E-state index in [2.05, 4.69) is 0 Å². The van der Waals surface area contributed by atoms with Crippen LogP contribution in [0.2, 0.25) is 0 Å². The summed E-state index contributed by atoms with van der Waals surface area (Å²) in [6.07, 6.45) is 0. The van der Waals surface area contributed by atoms with Crippen LogP contribution in [0, 0.1) is 6.92 Å². The number of rotatable bonds is 1. The number of methoxy groups -OCH3 is 1. The van der Waals surface area contributed by atoms with Crippen molar-refractivity contribution in [1.82, 2.24) is 0 Å². The van der Waals surface area contributed by atoms with Gasteiger partial charge in [0.05, 0.1) is 7.11 Å². The van der Waals surface area contributed by atoms with Gasteiger partial charge in [-0.15, -0.1) is 0 Å². The molecular formula is C14H12O4. The van der Waals surface area contributed by atoms with E-state index in [1.807, 2.05) is 18.2 Å². The number of aryl methyl sites for hydroxylation is 1. The lowest BCUT2D eigenvalue weighted by Gasteiger charge is -2.20. The zero-order chi connectivity index (χ0) is 12.7.